The molecule has 0 spiro atoms. The number of imidazole rings is 2. The highest BCUT2D eigenvalue weighted by molar-refractivity contribution is 5.82. The molecule has 2 aliphatic rings. The maximum Gasteiger partial charge on any atom is 0.252 e. The molecule has 0 radical (unpaired) electrons. The van der Waals surface area contributed by atoms with E-state index in [1.165, 1.54) is 11.1 Å². The molecule has 2 N–H and O–H groups in total. The predicted octanol–water partition coefficient (Wildman–Crippen LogP) is 4.15. The number of morpholine rings is 2. The van der Waals surface area contributed by atoms with Crippen molar-refractivity contribution in [2.24, 2.45) is 0 Å². The van der Waals surface area contributed by atoms with Gasteiger partial charge in [0.25, 0.3) is 11.8 Å². The van der Waals surface area contributed by atoms with Crippen LogP contribution in [0.25, 0.3) is 0 Å². The molecule has 6 rings (SSSR count). The van der Waals surface area contributed by atoms with Gasteiger partial charge in [-0.25, -0.2) is 9.97 Å². The highest BCUT2D eigenvalue weighted by Gasteiger charge is 2.34. The number of H-pyrrole nitrogens is 2. The topological polar surface area (TPSA) is 116 Å². The quantitative estimate of drug-likeness (QED) is 0.315. The lowest BCUT2D eigenvalue weighted by atomic mass is 10.1. The lowest BCUT2D eigenvalue weighted by Gasteiger charge is -2.36. The van der Waals surface area contributed by atoms with Gasteiger partial charge in [0.1, 0.15) is 12.2 Å². The molecule has 0 unspecified atom stereocenters. The van der Waals surface area contributed by atoms with Gasteiger partial charge < -0.3 is 29.2 Å². The Bertz CT molecular complexity index is 1360. The number of aromatic nitrogens is 4. The van der Waals surface area contributed by atoms with E-state index in [2.05, 4.69) is 82.3 Å². The molecule has 10 nitrogen and oxygen atoms in total. The van der Waals surface area contributed by atoms with Crippen LogP contribution < -0.4 is 0 Å². The van der Waals surface area contributed by atoms with Crippen LogP contribution in [0.2, 0.25) is 0 Å². The fourth-order valence-electron chi connectivity index (χ4n) is 5.55. The summed E-state index contributed by atoms with van der Waals surface area (Å²) < 4.78 is 11.6. The largest absolute Gasteiger partial charge is 0.363 e. The lowest BCUT2D eigenvalue weighted by Crippen LogP contribution is -2.51. The van der Waals surface area contributed by atoms with E-state index in [0.717, 1.165) is 22.5 Å². The van der Waals surface area contributed by atoms with Gasteiger partial charge in [0.05, 0.1) is 24.9 Å². The minimum atomic E-state index is -0.436. The average Bonchev–Trinajstić information content (AvgIpc) is 3.71. The highest BCUT2D eigenvalue weighted by Crippen LogP contribution is 2.20. The summed E-state index contributed by atoms with van der Waals surface area (Å²) in [5.41, 5.74) is 6.58. The number of carbonyl (C=O) groups excluding carboxylic acids is 2. The Balaban J connectivity index is 0.000000175. The van der Waals surface area contributed by atoms with Crippen LogP contribution in [0, 0.1) is 13.8 Å². The fraction of sp³-hybridized carbons (Fsp3) is 0.412. The van der Waals surface area contributed by atoms with Crippen LogP contribution in [0.3, 0.4) is 0 Å². The van der Waals surface area contributed by atoms with Crippen LogP contribution in [-0.2, 0) is 45.0 Å². The summed E-state index contributed by atoms with van der Waals surface area (Å²) in [5.74, 6) is 0.0987. The normalized spacial score (nSPS) is 22.1. The van der Waals surface area contributed by atoms with E-state index < -0.39 is 12.2 Å². The number of ether oxygens (including phenoxy) is 2. The van der Waals surface area contributed by atoms with Gasteiger partial charge in [0.15, 0.2) is 0 Å². The molecular weight excluding hydrogens is 556 g/mol. The van der Waals surface area contributed by atoms with Crippen molar-refractivity contribution in [2.45, 2.75) is 78.0 Å². The van der Waals surface area contributed by atoms with Crippen LogP contribution in [0.5, 0.6) is 0 Å². The Hall–Kier alpha value is -4.28. The van der Waals surface area contributed by atoms with Crippen molar-refractivity contribution in [3.63, 3.8) is 0 Å². The van der Waals surface area contributed by atoms with Crippen molar-refractivity contribution in [2.75, 3.05) is 13.1 Å². The zero-order valence-corrected chi connectivity index (χ0v) is 25.9. The van der Waals surface area contributed by atoms with E-state index in [-0.39, 0.29) is 24.0 Å². The molecule has 4 atom stereocenters. The number of carbonyl (C=O) groups is 2. The van der Waals surface area contributed by atoms with Gasteiger partial charge in [-0.15, -0.1) is 0 Å². The van der Waals surface area contributed by atoms with Gasteiger partial charge in [-0.05, 0) is 38.8 Å². The molecule has 0 aliphatic carbocycles. The van der Waals surface area contributed by atoms with E-state index in [1.54, 1.807) is 25.0 Å². The van der Waals surface area contributed by atoms with Crippen LogP contribution in [0.1, 0.15) is 47.5 Å². The van der Waals surface area contributed by atoms with Crippen molar-refractivity contribution in [3.05, 3.63) is 107 Å². The zero-order chi connectivity index (χ0) is 31.1. The molecule has 2 aromatic heterocycles. The number of nitrogens with one attached hydrogen (secondary N) is 2. The summed E-state index contributed by atoms with van der Waals surface area (Å²) in [6.45, 7) is 10.7. The number of amides is 2. The molecule has 2 amide bonds. The van der Waals surface area contributed by atoms with Crippen LogP contribution in [0.4, 0.5) is 0 Å². The Morgan fingerprint density at radius 1 is 0.682 bits per heavy atom. The molecule has 232 valence electrons. The zero-order valence-electron chi connectivity index (χ0n) is 25.9. The van der Waals surface area contributed by atoms with Crippen molar-refractivity contribution in [3.8, 4) is 0 Å². The Kier molecular flexibility index (Phi) is 10.2. The van der Waals surface area contributed by atoms with E-state index >= 15 is 0 Å². The molecule has 0 bridgehead atoms. The van der Waals surface area contributed by atoms with Gasteiger partial charge in [-0.1, -0.05) is 59.7 Å². The molecule has 0 saturated carbocycles. The van der Waals surface area contributed by atoms with Crippen molar-refractivity contribution >= 4 is 11.8 Å². The number of hydrogen-bond acceptors (Lipinski definition) is 6. The summed E-state index contributed by atoms with van der Waals surface area (Å²) in [4.78, 5) is 43.1. The summed E-state index contributed by atoms with van der Waals surface area (Å²) in [6, 6.07) is 16.6. The summed E-state index contributed by atoms with van der Waals surface area (Å²) in [5, 5.41) is 0. The first kappa shape index (κ1) is 31.2. The average molecular weight is 599 g/mol. The molecule has 2 saturated heterocycles. The number of benzene rings is 2. The third-order valence-corrected chi connectivity index (χ3v) is 7.83. The monoisotopic (exact) mass is 598 g/mol. The number of aryl methyl sites for hydroxylation is 2. The van der Waals surface area contributed by atoms with Crippen LogP contribution in [0.15, 0.2) is 73.6 Å². The van der Waals surface area contributed by atoms with E-state index in [0.29, 0.717) is 39.0 Å². The molecule has 10 heteroatoms. The second-order valence-corrected chi connectivity index (χ2v) is 11.8. The van der Waals surface area contributed by atoms with E-state index in [1.807, 2.05) is 23.6 Å². The maximum absolute atomic E-state index is 12.6. The van der Waals surface area contributed by atoms with Crippen LogP contribution >= 0.6 is 0 Å². The predicted molar refractivity (Wildman–Crippen MR) is 166 cm³/mol. The Labute approximate surface area is 258 Å². The molecule has 2 aromatic carbocycles. The Morgan fingerprint density at radius 2 is 1.07 bits per heavy atom. The SMILES string of the molecule is Cc1ccc(CN2C[C@@H](C)O[C@@H](Cc3cnc[nH]3)C2=O)cc1.Cc1ccc(CN2C[C@@H](C)O[C@H](Cc3cnc[nH]3)C2=O)cc1. The minimum absolute atomic E-state index is 0.0380. The van der Waals surface area contributed by atoms with Crippen molar-refractivity contribution < 1.29 is 19.1 Å². The van der Waals surface area contributed by atoms with Gasteiger partial charge in [0.2, 0.25) is 0 Å². The maximum atomic E-state index is 12.6. The third kappa shape index (κ3) is 8.42. The second kappa shape index (κ2) is 14.5. The number of nitrogens with zero attached hydrogens (tertiary/aromatic N) is 4. The Morgan fingerprint density at radius 3 is 1.41 bits per heavy atom. The third-order valence-electron chi connectivity index (χ3n) is 7.83. The molecule has 4 heterocycles. The summed E-state index contributed by atoms with van der Waals surface area (Å²) in [7, 11) is 0. The molecule has 4 aromatic rings. The minimum Gasteiger partial charge on any atom is -0.363 e. The van der Waals surface area contributed by atoms with Crippen LogP contribution in [-0.4, -0.2) is 79.1 Å². The smallest absolute Gasteiger partial charge is 0.252 e. The van der Waals surface area contributed by atoms with E-state index in [9.17, 15) is 9.59 Å². The first-order valence-electron chi connectivity index (χ1n) is 15.2. The highest BCUT2D eigenvalue weighted by atomic mass is 16.5. The molecule has 2 aliphatic heterocycles. The van der Waals surface area contributed by atoms with Gasteiger partial charge in [0, 0.05) is 62.8 Å². The standard InChI is InChI=1S/2C17H21N3O2/c2*1-12-3-5-14(6-4-12)10-20-9-13(2)22-16(17(20)21)7-15-8-18-11-19-15/h2*3-6,8,11,13,16H,7,9-10H2,1-2H3,(H,18,19)/t13-,16+;13-,16-/m11/s1. The number of rotatable bonds is 8. The number of hydrogen-bond donors (Lipinski definition) is 2. The molecular formula is C34H42N6O4. The van der Waals surface area contributed by atoms with Gasteiger partial charge in [-0.3, -0.25) is 9.59 Å². The lowest BCUT2D eigenvalue weighted by molar-refractivity contribution is -0.161. The molecule has 2 fully saturated rings. The van der Waals surface area contributed by atoms with Crippen molar-refractivity contribution in [1.82, 2.24) is 29.7 Å². The van der Waals surface area contributed by atoms with Gasteiger partial charge >= 0.3 is 0 Å². The first-order chi connectivity index (χ1) is 21.2. The summed E-state index contributed by atoms with van der Waals surface area (Å²) in [6.07, 6.45) is 6.99. The first-order valence-corrected chi connectivity index (χ1v) is 15.2. The molecule has 44 heavy (non-hydrogen) atoms. The second-order valence-electron chi connectivity index (χ2n) is 11.8. The fourth-order valence-corrected chi connectivity index (χ4v) is 5.55. The van der Waals surface area contributed by atoms with Gasteiger partial charge in [-0.2, -0.15) is 0 Å². The van der Waals surface area contributed by atoms with E-state index in [4.69, 9.17) is 9.47 Å². The summed E-state index contributed by atoms with van der Waals surface area (Å²) >= 11 is 0. The number of aromatic amines is 2. The van der Waals surface area contributed by atoms with Crippen molar-refractivity contribution in [1.29, 1.82) is 0 Å².